The molecule has 0 radical (unpaired) electrons. The zero-order chi connectivity index (χ0) is 12.2. The van der Waals surface area contributed by atoms with Gasteiger partial charge in [-0.15, -0.1) is 0 Å². The molecule has 0 saturated heterocycles. The minimum Gasteiger partial charge on any atom is -0.352 e. The summed E-state index contributed by atoms with van der Waals surface area (Å²) in [5, 5.41) is 3.10. The molecule has 1 fully saturated rings. The molecular weight excluding hydrogens is 200 g/mol. The SMILES string of the molecule is CCCC(N)C(=O)NC1CCCC(C)(C)C1. The molecule has 16 heavy (non-hydrogen) atoms. The van der Waals surface area contributed by atoms with Crippen LogP contribution in [0.3, 0.4) is 0 Å². The Hall–Kier alpha value is -0.570. The molecule has 0 aromatic heterocycles. The van der Waals surface area contributed by atoms with E-state index in [2.05, 4.69) is 26.1 Å². The van der Waals surface area contributed by atoms with Gasteiger partial charge in [0, 0.05) is 6.04 Å². The predicted octanol–water partition coefficient (Wildman–Crippen LogP) is 2.20. The molecule has 3 N–H and O–H groups in total. The molecule has 1 rings (SSSR count). The number of nitrogens with one attached hydrogen (secondary N) is 1. The summed E-state index contributed by atoms with van der Waals surface area (Å²) in [6, 6.07) is 0.00851. The average Bonchev–Trinajstić information content (AvgIpc) is 2.16. The van der Waals surface area contributed by atoms with Gasteiger partial charge in [0.05, 0.1) is 6.04 Å². The zero-order valence-corrected chi connectivity index (χ0v) is 10.9. The third-order valence-corrected chi connectivity index (χ3v) is 3.49. The maximum atomic E-state index is 11.8. The van der Waals surface area contributed by atoms with Crippen LogP contribution >= 0.6 is 0 Å². The van der Waals surface area contributed by atoms with Crippen LogP contribution in [0.15, 0.2) is 0 Å². The molecular formula is C13H26N2O. The van der Waals surface area contributed by atoms with Crippen LogP contribution < -0.4 is 11.1 Å². The number of carbonyl (C=O) groups is 1. The molecule has 0 aromatic carbocycles. The number of amides is 1. The molecule has 1 saturated carbocycles. The van der Waals surface area contributed by atoms with Crippen LogP contribution in [0.4, 0.5) is 0 Å². The third-order valence-electron chi connectivity index (χ3n) is 3.49. The number of hydrogen-bond donors (Lipinski definition) is 2. The Labute approximate surface area is 99.2 Å². The minimum atomic E-state index is -0.324. The lowest BCUT2D eigenvalue weighted by Gasteiger charge is -2.35. The van der Waals surface area contributed by atoms with E-state index in [4.69, 9.17) is 5.73 Å². The summed E-state index contributed by atoms with van der Waals surface area (Å²) >= 11 is 0. The number of hydrogen-bond acceptors (Lipinski definition) is 2. The van der Waals surface area contributed by atoms with Crippen molar-refractivity contribution in [3.05, 3.63) is 0 Å². The smallest absolute Gasteiger partial charge is 0.237 e. The third kappa shape index (κ3) is 4.12. The Bertz CT molecular complexity index is 238. The zero-order valence-electron chi connectivity index (χ0n) is 10.9. The lowest BCUT2D eigenvalue weighted by molar-refractivity contribution is -0.123. The van der Waals surface area contributed by atoms with E-state index < -0.39 is 0 Å². The Morgan fingerprint density at radius 1 is 1.56 bits per heavy atom. The molecule has 0 bridgehead atoms. The lowest BCUT2D eigenvalue weighted by atomic mass is 9.75. The van der Waals surface area contributed by atoms with Crippen molar-refractivity contribution in [1.29, 1.82) is 0 Å². The van der Waals surface area contributed by atoms with Gasteiger partial charge in [-0.05, 0) is 31.1 Å². The predicted molar refractivity (Wildman–Crippen MR) is 67.1 cm³/mol. The fourth-order valence-electron chi connectivity index (χ4n) is 2.57. The molecule has 2 unspecified atom stereocenters. The first-order valence-corrected chi connectivity index (χ1v) is 6.50. The van der Waals surface area contributed by atoms with Crippen molar-refractivity contribution in [3.63, 3.8) is 0 Å². The maximum absolute atomic E-state index is 11.8. The minimum absolute atomic E-state index is 0.0320. The second-order valence-electron chi connectivity index (χ2n) is 5.86. The van der Waals surface area contributed by atoms with Gasteiger partial charge in [-0.1, -0.05) is 33.6 Å². The molecule has 1 aliphatic carbocycles. The highest BCUT2D eigenvalue weighted by atomic mass is 16.2. The topological polar surface area (TPSA) is 55.1 Å². The van der Waals surface area contributed by atoms with E-state index in [0.29, 0.717) is 11.5 Å². The van der Waals surface area contributed by atoms with Crippen molar-refractivity contribution in [2.24, 2.45) is 11.1 Å². The summed E-state index contributed by atoms with van der Waals surface area (Å²) in [4.78, 5) is 11.8. The molecule has 0 heterocycles. The van der Waals surface area contributed by atoms with Crippen LogP contribution in [-0.4, -0.2) is 18.0 Å². The highest BCUT2D eigenvalue weighted by molar-refractivity contribution is 5.81. The molecule has 0 aromatic rings. The lowest BCUT2D eigenvalue weighted by Crippen LogP contribution is -2.47. The monoisotopic (exact) mass is 226 g/mol. The number of rotatable bonds is 4. The van der Waals surface area contributed by atoms with Crippen LogP contribution in [0.2, 0.25) is 0 Å². The number of nitrogens with two attached hydrogens (primary N) is 1. The first-order chi connectivity index (χ1) is 7.44. The Morgan fingerprint density at radius 3 is 2.81 bits per heavy atom. The van der Waals surface area contributed by atoms with E-state index in [1.54, 1.807) is 0 Å². The van der Waals surface area contributed by atoms with Gasteiger partial charge in [-0.3, -0.25) is 4.79 Å². The molecule has 3 nitrogen and oxygen atoms in total. The van der Waals surface area contributed by atoms with Gasteiger partial charge in [0.2, 0.25) is 5.91 Å². The van der Waals surface area contributed by atoms with E-state index in [1.165, 1.54) is 12.8 Å². The molecule has 0 spiro atoms. The average molecular weight is 226 g/mol. The van der Waals surface area contributed by atoms with Gasteiger partial charge in [0.15, 0.2) is 0 Å². The van der Waals surface area contributed by atoms with Crippen molar-refractivity contribution in [2.45, 2.75) is 71.4 Å². The first kappa shape index (κ1) is 13.5. The molecule has 2 atom stereocenters. The summed E-state index contributed by atoms with van der Waals surface area (Å²) in [5.74, 6) is 0.0320. The first-order valence-electron chi connectivity index (χ1n) is 6.50. The van der Waals surface area contributed by atoms with Crippen molar-refractivity contribution in [1.82, 2.24) is 5.32 Å². The molecule has 94 valence electrons. The van der Waals surface area contributed by atoms with Gasteiger partial charge in [-0.2, -0.15) is 0 Å². The van der Waals surface area contributed by atoms with Gasteiger partial charge < -0.3 is 11.1 Å². The van der Waals surface area contributed by atoms with Crippen LogP contribution in [0.5, 0.6) is 0 Å². The summed E-state index contributed by atoms with van der Waals surface area (Å²) < 4.78 is 0. The van der Waals surface area contributed by atoms with E-state index in [0.717, 1.165) is 25.7 Å². The van der Waals surface area contributed by atoms with E-state index in [-0.39, 0.29) is 11.9 Å². The summed E-state index contributed by atoms with van der Waals surface area (Å²) in [6.07, 6.45) is 6.40. The molecule has 1 amide bonds. The van der Waals surface area contributed by atoms with Crippen LogP contribution in [0.25, 0.3) is 0 Å². The maximum Gasteiger partial charge on any atom is 0.237 e. The Kier molecular flexibility index (Phi) is 4.78. The number of carbonyl (C=O) groups excluding carboxylic acids is 1. The fourth-order valence-corrected chi connectivity index (χ4v) is 2.57. The molecule has 3 heteroatoms. The Balaban J connectivity index is 2.39. The van der Waals surface area contributed by atoms with Crippen LogP contribution in [0.1, 0.15) is 59.3 Å². The molecule has 0 aliphatic heterocycles. The fraction of sp³-hybridized carbons (Fsp3) is 0.923. The largest absolute Gasteiger partial charge is 0.352 e. The van der Waals surface area contributed by atoms with Gasteiger partial charge in [0.25, 0.3) is 0 Å². The van der Waals surface area contributed by atoms with Crippen LogP contribution in [-0.2, 0) is 4.79 Å². The van der Waals surface area contributed by atoms with E-state index in [9.17, 15) is 4.79 Å². The van der Waals surface area contributed by atoms with Gasteiger partial charge in [-0.25, -0.2) is 0 Å². The van der Waals surface area contributed by atoms with E-state index >= 15 is 0 Å². The van der Waals surface area contributed by atoms with Gasteiger partial charge in [0.1, 0.15) is 0 Å². The highest BCUT2D eigenvalue weighted by Crippen LogP contribution is 2.35. The molecule has 1 aliphatic rings. The standard InChI is InChI=1S/C13H26N2O/c1-4-6-11(14)12(16)15-10-7-5-8-13(2,3)9-10/h10-11H,4-9,14H2,1-3H3,(H,15,16). The van der Waals surface area contributed by atoms with Crippen molar-refractivity contribution in [2.75, 3.05) is 0 Å². The summed E-state index contributed by atoms with van der Waals surface area (Å²) in [7, 11) is 0. The normalized spacial score (nSPS) is 26.1. The summed E-state index contributed by atoms with van der Waals surface area (Å²) in [5.41, 5.74) is 6.17. The van der Waals surface area contributed by atoms with Crippen molar-refractivity contribution < 1.29 is 4.79 Å². The second-order valence-corrected chi connectivity index (χ2v) is 5.86. The quantitative estimate of drug-likeness (QED) is 0.772. The second kappa shape index (κ2) is 5.67. The van der Waals surface area contributed by atoms with E-state index in [1.807, 2.05) is 0 Å². The Morgan fingerprint density at radius 2 is 2.25 bits per heavy atom. The van der Waals surface area contributed by atoms with Crippen molar-refractivity contribution in [3.8, 4) is 0 Å². The van der Waals surface area contributed by atoms with Crippen LogP contribution in [0, 0.1) is 5.41 Å². The highest BCUT2D eigenvalue weighted by Gasteiger charge is 2.29. The van der Waals surface area contributed by atoms with Crippen molar-refractivity contribution >= 4 is 5.91 Å². The summed E-state index contributed by atoms with van der Waals surface area (Å²) in [6.45, 7) is 6.60. The van der Waals surface area contributed by atoms with Gasteiger partial charge >= 0.3 is 0 Å².